The van der Waals surface area contributed by atoms with Crippen molar-refractivity contribution >= 4 is 28.9 Å². The van der Waals surface area contributed by atoms with Crippen molar-refractivity contribution in [2.45, 2.75) is 6.18 Å². The van der Waals surface area contributed by atoms with Crippen LogP contribution in [0.15, 0.2) is 36.5 Å². The summed E-state index contributed by atoms with van der Waals surface area (Å²) in [6.07, 6.45) is -3.08. The van der Waals surface area contributed by atoms with Crippen LogP contribution in [0.5, 0.6) is 0 Å². The van der Waals surface area contributed by atoms with Crippen LogP contribution in [0.3, 0.4) is 0 Å². The Morgan fingerprint density at radius 1 is 1.15 bits per heavy atom. The lowest BCUT2D eigenvalue weighted by Crippen LogP contribution is -2.44. The highest BCUT2D eigenvalue weighted by Crippen LogP contribution is 2.36. The molecule has 1 aromatic carbocycles. The van der Waals surface area contributed by atoms with Crippen molar-refractivity contribution < 1.29 is 18.0 Å². The summed E-state index contributed by atoms with van der Waals surface area (Å²) in [4.78, 5) is 20.8. The van der Waals surface area contributed by atoms with E-state index in [1.165, 1.54) is 12.3 Å². The monoisotopic (exact) mass is 398 g/mol. The highest BCUT2D eigenvalue weighted by Gasteiger charge is 2.33. The van der Waals surface area contributed by atoms with E-state index in [9.17, 15) is 18.0 Å². The largest absolute Gasteiger partial charge is 0.417 e. The van der Waals surface area contributed by atoms with Gasteiger partial charge in [-0.05, 0) is 37.4 Å². The first kappa shape index (κ1) is 19.4. The van der Waals surface area contributed by atoms with Gasteiger partial charge >= 0.3 is 6.18 Å². The maximum absolute atomic E-state index is 13.0. The van der Waals surface area contributed by atoms with E-state index < -0.39 is 22.7 Å². The minimum absolute atomic E-state index is 0.00326. The number of hydrogen-bond acceptors (Lipinski definition) is 4. The Morgan fingerprint density at radius 2 is 1.85 bits per heavy atom. The van der Waals surface area contributed by atoms with Gasteiger partial charge in [-0.25, -0.2) is 0 Å². The summed E-state index contributed by atoms with van der Waals surface area (Å²) in [5, 5.41) is 2.03. The topological polar surface area (TPSA) is 48.5 Å². The van der Waals surface area contributed by atoms with Crippen molar-refractivity contribution in [1.29, 1.82) is 0 Å². The minimum Gasteiger partial charge on any atom is -0.369 e. The zero-order valence-corrected chi connectivity index (χ0v) is 15.3. The van der Waals surface area contributed by atoms with Crippen molar-refractivity contribution in [3.05, 3.63) is 52.8 Å². The first-order valence-electron chi connectivity index (χ1n) is 8.31. The summed E-state index contributed by atoms with van der Waals surface area (Å²) in [6, 6.07) is 6.69. The number of halogens is 4. The van der Waals surface area contributed by atoms with Crippen molar-refractivity contribution in [2.75, 3.05) is 43.4 Å². The van der Waals surface area contributed by atoms with Crippen LogP contribution in [0.4, 0.5) is 24.5 Å². The average molecular weight is 399 g/mol. The Labute approximate surface area is 159 Å². The summed E-state index contributed by atoms with van der Waals surface area (Å²) in [7, 11) is 2.05. The van der Waals surface area contributed by atoms with Gasteiger partial charge in [0.15, 0.2) is 0 Å². The van der Waals surface area contributed by atoms with E-state index in [4.69, 9.17) is 11.6 Å². The van der Waals surface area contributed by atoms with Gasteiger partial charge < -0.3 is 15.1 Å². The van der Waals surface area contributed by atoms with E-state index in [0.29, 0.717) is 0 Å². The average Bonchev–Trinajstić information content (AvgIpc) is 2.63. The first-order chi connectivity index (χ1) is 12.7. The molecule has 2 heterocycles. The van der Waals surface area contributed by atoms with E-state index in [1.54, 1.807) is 6.07 Å². The van der Waals surface area contributed by atoms with Gasteiger partial charge in [-0.3, -0.25) is 9.78 Å². The van der Waals surface area contributed by atoms with Crippen LogP contribution in [0.2, 0.25) is 5.02 Å². The fourth-order valence-electron chi connectivity index (χ4n) is 2.82. The fourth-order valence-corrected chi connectivity index (χ4v) is 3.04. The number of anilines is 2. The number of alkyl halides is 3. The Morgan fingerprint density at radius 3 is 2.52 bits per heavy atom. The quantitative estimate of drug-likeness (QED) is 0.855. The lowest BCUT2D eigenvalue weighted by Gasteiger charge is -2.34. The molecular formula is C18H18ClF3N4O. The normalized spacial score (nSPS) is 15.7. The lowest BCUT2D eigenvalue weighted by atomic mass is 10.2. The van der Waals surface area contributed by atoms with Gasteiger partial charge in [0.2, 0.25) is 0 Å². The van der Waals surface area contributed by atoms with Crippen LogP contribution >= 0.6 is 11.6 Å². The minimum atomic E-state index is -4.60. The molecule has 1 aromatic heterocycles. The molecule has 5 nitrogen and oxygen atoms in total. The van der Waals surface area contributed by atoms with Crippen LogP contribution in [0.25, 0.3) is 0 Å². The van der Waals surface area contributed by atoms with Crippen LogP contribution < -0.4 is 10.2 Å². The molecular weight excluding hydrogens is 381 g/mol. The van der Waals surface area contributed by atoms with Crippen molar-refractivity contribution in [3.63, 3.8) is 0 Å². The lowest BCUT2D eigenvalue weighted by molar-refractivity contribution is -0.137. The van der Waals surface area contributed by atoms with Gasteiger partial charge in [0.1, 0.15) is 5.69 Å². The maximum Gasteiger partial charge on any atom is 0.417 e. The molecule has 2 aromatic rings. The molecule has 0 atom stereocenters. The third kappa shape index (κ3) is 4.70. The van der Waals surface area contributed by atoms with Crippen LogP contribution in [0, 0.1) is 0 Å². The molecule has 0 saturated carbocycles. The van der Waals surface area contributed by atoms with Gasteiger partial charge in [-0.15, -0.1) is 0 Å². The van der Waals surface area contributed by atoms with Crippen LogP contribution in [-0.4, -0.2) is 49.0 Å². The SMILES string of the molecule is CN1CCN(c2ccnc(C(=O)Nc3ccc(Cl)c(C(F)(F)F)c3)c2)CC1. The zero-order chi connectivity index (χ0) is 19.6. The summed E-state index contributed by atoms with van der Waals surface area (Å²) in [5.41, 5.74) is -0.00471. The molecule has 27 heavy (non-hydrogen) atoms. The number of pyridine rings is 1. The van der Waals surface area contributed by atoms with Gasteiger partial charge in [-0.2, -0.15) is 13.2 Å². The number of rotatable bonds is 3. The number of carbonyl (C=O) groups excluding carboxylic acids is 1. The standard InChI is InChI=1S/C18H18ClF3N4O/c1-25-6-8-26(9-7-25)13-4-5-23-16(11-13)17(27)24-12-2-3-15(19)14(10-12)18(20,21)22/h2-5,10-11H,6-9H2,1H3,(H,24,27). The molecule has 9 heteroatoms. The van der Waals surface area contributed by atoms with E-state index in [1.807, 2.05) is 13.1 Å². The Balaban J connectivity index is 1.76. The van der Waals surface area contributed by atoms with Gasteiger partial charge in [0.05, 0.1) is 10.6 Å². The molecule has 3 rings (SSSR count). The number of carbonyl (C=O) groups is 1. The Kier molecular flexibility index (Phi) is 5.57. The summed E-state index contributed by atoms with van der Waals surface area (Å²) in [6.45, 7) is 3.48. The summed E-state index contributed by atoms with van der Waals surface area (Å²) in [5.74, 6) is -0.582. The van der Waals surface area contributed by atoms with Gasteiger partial charge in [0, 0.05) is 43.8 Å². The molecule has 0 aliphatic carbocycles. The second kappa shape index (κ2) is 7.74. The predicted octanol–water partition coefficient (Wildman–Crippen LogP) is 3.76. The molecule has 144 valence electrons. The summed E-state index contributed by atoms with van der Waals surface area (Å²) < 4.78 is 38.9. The molecule has 0 unspecified atom stereocenters. The third-order valence-corrected chi connectivity index (χ3v) is 4.70. The van der Waals surface area contributed by atoms with Crippen LogP contribution in [-0.2, 0) is 6.18 Å². The molecule has 1 aliphatic rings. The molecule has 1 amide bonds. The molecule has 0 radical (unpaired) electrons. The number of piperazine rings is 1. The molecule has 0 spiro atoms. The number of amides is 1. The predicted molar refractivity (Wildman–Crippen MR) is 98.4 cm³/mol. The Hall–Kier alpha value is -2.32. The molecule has 0 bridgehead atoms. The van der Waals surface area contributed by atoms with Gasteiger partial charge in [0.25, 0.3) is 5.91 Å². The molecule has 1 fully saturated rings. The number of hydrogen-bond donors (Lipinski definition) is 1. The number of benzene rings is 1. The van der Waals surface area contributed by atoms with E-state index in [2.05, 4.69) is 20.1 Å². The van der Waals surface area contributed by atoms with E-state index in [-0.39, 0.29) is 11.4 Å². The van der Waals surface area contributed by atoms with Crippen molar-refractivity contribution in [1.82, 2.24) is 9.88 Å². The smallest absolute Gasteiger partial charge is 0.369 e. The highest BCUT2D eigenvalue weighted by atomic mass is 35.5. The number of aromatic nitrogens is 1. The van der Waals surface area contributed by atoms with Crippen molar-refractivity contribution in [3.8, 4) is 0 Å². The second-order valence-corrected chi connectivity index (χ2v) is 6.74. The van der Waals surface area contributed by atoms with Gasteiger partial charge in [-0.1, -0.05) is 11.6 Å². The summed E-state index contributed by atoms with van der Waals surface area (Å²) >= 11 is 5.60. The molecule has 1 saturated heterocycles. The van der Waals surface area contributed by atoms with Crippen molar-refractivity contribution in [2.24, 2.45) is 0 Å². The molecule has 1 aliphatic heterocycles. The second-order valence-electron chi connectivity index (χ2n) is 6.34. The number of nitrogens with zero attached hydrogens (tertiary/aromatic N) is 3. The fraction of sp³-hybridized carbons (Fsp3) is 0.333. The first-order valence-corrected chi connectivity index (χ1v) is 8.69. The van der Waals surface area contributed by atoms with E-state index >= 15 is 0 Å². The Bertz CT molecular complexity index is 836. The number of likely N-dealkylation sites (N-methyl/N-ethyl adjacent to an activating group) is 1. The van der Waals surface area contributed by atoms with Crippen LogP contribution in [0.1, 0.15) is 16.1 Å². The maximum atomic E-state index is 13.0. The highest BCUT2D eigenvalue weighted by molar-refractivity contribution is 6.31. The third-order valence-electron chi connectivity index (χ3n) is 4.37. The number of nitrogens with one attached hydrogen (secondary N) is 1. The molecule has 1 N–H and O–H groups in total. The van der Waals surface area contributed by atoms with E-state index in [0.717, 1.165) is 44.0 Å². The zero-order valence-electron chi connectivity index (χ0n) is 14.6.